The zero-order valence-electron chi connectivity index (χ0n) is 11.2. The molecule has 1 amide bonds. The Morgan fingerprint density at radius 3 is 3.00 bits per heavy atom. The molecule has 2 unspecified atom stereocenters. The van der Waals surface area contributed by atoms with Crippen LogP contribution in [0.5, 0.6) is 0 Å². The lowest BCUT2D eigenvalue weighted by molar-refractivity contribution is -0.145. The van der Waals surface area contributed by atoms with Gasteiger partial charge in [-0.05, 0) is 30.7 Å². The van der Waals surface area contributed by atoms with E-state index in [0.29, 0.717) is 26.1 Å². The van der Waals surface area contributed by atoms with Crippen LogP contribution in [0.1, 0.15) is 24.1 Å². The van der Waals surface area contributed by atoms with E-state index >= 15 is 0 Å². The Balaban J connectivity index is 1.83. The molecule has 1 saturated heterocycles. The van der Waals surface area contributed by atoms with Gasteiger partial charge in [-0.2, -0.15) is 0 Å². The fourth-order valence-corrected chi connectivity index (χ4v) is 3.06. The molecule has 6 heteroatoms. The van der Waals surface area contributed by atoms with Gasteiger partial charge in [0.05, 0.1) is 6.61 Å². The number of ether oxygens (including phenoxy) is 1. The third kappa shape index (κ3) is 4.31. The van der Waals surface area contributed by atoms with Gasteiger partial charge in [-0.3, -0.25) is 4.79 Å². The van der Waals surface area contributed by atoms with Crippen LogP contribution in [-0.4, -0.2) is 36.2 Å². The minimum Gasteiger partial charge on any atom is -0.480 e. The predicted octanol–water partition coefficient (Wildman–Crippen LogP) is 1.68. The summed E-state index contributed by atoms with van der Waals surface area (Å²) in [5.41, 5.74) is 0. The Labute approximate surface area is 121 Å². The minimum absolute atomic E-state index is 0.132. The molecule has 2 rings (SSSR count). The quantitative estimate of drug-likeness (QED) is 0.837. The molecule has 1 aliphatic heterocycles. The van der Waals surface area contributed by atoms with Gasteiger partial charge in [0.15, 0.2) is 0 Å². The number of carbonyl (C=O) groups excluding carboxylic acids is 1. The van der Waals surface area contributed by atoms with Crippen LogP contribution in [0.25, 0.3) is 0 Å². The highest BCUT2D eigenvalue weighted by molar-refractivity contribution is 7.09. The monoisotopic (exact) mass is 297 g/mol. The maximum absolute atomic E-state index is 11.9. The average molecular weight is 297 g/mol. The standard InChI is InChI=1S/C14H19NO4S/c16-12(6-5-11-4-2-8-20-11)15-13(14(17)18)10-3-1-7-19-9-10/h2,4,8,10,13H,1,3,5-7,9H2,(H,15,16)(H,17,18). The third-order valence-electron chi connectivity index (χ3n) is 3.43. The van der Waals surface area contributed by atoms with E-state index in [1.165, 1.54) is 0 Å². The van der Waals surface area contributed by atoms with E-state index in [0.717, 1.165) is 17.7 Å². The summed E-state index contributed by atoms with van der Waals surface area (Å²) in [4.78, 5) is 24.3. The van der Waals surface area contributed by atoms with Gasteiger partial charge in [-0.1, -0.05) is 6.07 Å². The van der Waals surface area contributed by atoms with Gasteiger partial charge in [0.1, 0.15) is 6.04 Å². The molecule has 1 fully saturated rings. The van der Waals surface area contributed by atoms with Crippen molar-refractivity contribution in [1.82, 2.24) is 5.32 Å². The largest absolute Gasteiger partial charge is 0.480 e. The van der Waals surface area contributed by atoms with E-state index in [-0.39, 0.29) is 11.8 Å². The minimum atomic E-state index is -0.982. The second kappa shape index (κ2) is 7.40. The normalized spacial score (nSPS) is 20.3. The number of aliphatic carboxylic acids is 1. The molecule has 5 nitrogen and oxygen atoms in total. The molecular formula is C14H19NO4S. The van der Waals surface area contributed by atoms with Gasteiger partial charge >= 0.3 is 5.97 Å². The molecule has 1 aromatic rings. The Morgan fingerprint density at radius 1 is 1.55 bits per heavy atom. The number of amides is 1. The molecule has 0 saturated carbocycles. The molecule has 20 heavy (non-hydrogen) atoms. The number of carboxylic acid groups (broad SMARTS) is 1. The lowest BCUT2D eigenvalue weighted by atomic mass is 9.93. The van der Waals surface area contributed by atoms with E-state index in [2.05, 4.69) is 5.32 Å². The highest BCUT2D eigenvalue weighted by Gasteiger charge is 2.31. The van der Waals surface area contributed by atoms with E-state index in [9.17, 15) is 14.7 Å². The first-order valence-corrected chi connectivity index (χ1v) is 7.67. The summed E-state index contributed by atoms with van der Waals surface area (Å²) >= 11 is 1.60. The van der Waals surface area contributed by atoms with Gasteiger partial charge in [-0.25, -0.2) is 4.79 Å². The molecule has 2 heterocycles. The number of rotatable bonds is 6. The van der Waals surface area contributed by atoms with Crippen molar-refractivity contribution in [2.75, 3.05) is 13.2 Å². The topological polar surface area (TPSA) is 75.6 Å². The van der Waals surface area contributed by atoms with Gasteiger partial charge in [-0.15, -0.1) is 11.3 Å². The van der Waals surface area contributed by atoms with Gasteiger partial charge in [0, 0.05) is 23.8 Å². The molecule has 2 N–H and O–H groups in total. The first-order valence-electron chi connectivity index (χ1n) is 6.79. The smallest absolute Gasteiger partial charge is 0.326 e. The molecule has 0 bridgehead atoms. The van der Waals surface area contributed by atoms with Crippen molar-refractivity contribution in [3.63, 3.8) is 0 Å². The third-order valence-corrected chi connectivity index (χ3v) is 4.36. The number of hydrogen-bond donors (Lipinski definition) is 2. The maximum Gasteiger partial charge on any atom is 0.326 e. The molecule has 1 aromatic heterocycles. The van der Waals surface area contributed by atoms with E-state index in [1.54, 1.807) is 11.3 Å². The number of thiophene rings is 1. The van der Waals surface area contributed by atoms with Crippen LogP contribution in [0.2, 0.25) is 0 Å². The van der Waals surface area contributed by atoms with Gasteiger partial charge in [0.2, 0.25) is 5.91 Å². The van der Waals surface area contributed by atoms with E-state index in [4.69, 9.17) is 4.74 Å². The predicted molar refractivity (Wildman–Crippen MR) is 75.7 cm³/mol. The molecule has 0 aromatic carbocycles. The number of hydrogen-bond acceptors (Lipinski definition) is 4. The second-order valence-electron chi connectivity index (χ2n) is 4.94. The van der Waals surface area contributed by atoms with Crippen LogP contribution in [0, 0.1) is 5.92 Å². The summed E-state index contributed by atoms with van der Waals surface area (Å²) in [7, 11) is 0. The summed E-state index contributed by atoms with van der Waals surface area (Å²) < 4.78 is 5.30. The summed E-state index contributed by atoms with van der Waals surface area (Å²) in [5, 5.41) is 13.9. The molecular weight excluding hydrogens is 278 g/mol. The van der Waals surface area contributed by atoms with Crippen molar-refractivity contribution >= 4 is 23.2 Å². The van der Waals surface area contributed by atoms with Crippen LogP contribution >= 0.6 is 11.3 Å². The summed E-state index contributed by atoms with van der Waals surface area (Å²) in [6.07, 6.45) is 2.59. The van der Waals surface area contributed by atoms with Gasteiger partial charge in [0.25, 0.3) is 0 Å². The SMILES string of the molecule is O=C(CCc1cccs1)NC(C(=O)O)C1CCCOC1. The summed E-state index contributed by atoms with van der Waals surface area (Å²) in [6, 6.07) is 3.07. The average Bonchev–Trinajstić information content (AvgIpc) is 2.96. The molecule has 1 aliphatic rings. The van der Waals surface area contributed by atoms with E-state index < -0.39 is 12.0 Å². The van der Waals surface area contributed by atoms with Gasteiger partial charge < -0.3 is 15.2 Å². The van der Waals surface area contributed by atoms with Crippen molar-refractivity contribution in [3.8, 4) is 0 Å². The molecule has 110 valence electrons. The molecule has 0 aliphatic carbocycles. The van der Waals surface area contributed by atoms with E-state index in [1.807, 2.05) is 17.5 Å². The molecule has 2 atom stereocenters. The van der Waals surface area contributed by atoms with Crippen LogP contribution in [-0.2, 0) is 20.7 Å². The number of nitrogens with one attached hydrogen (secondary N) is 1. The molecule has 0 spiro atoms. The first-order chi connectivity index (χ1) is 9.66. The number of aryl methyl sites for hydroxylation is 1. The molecule has 0 radical (unpaired) electrons. The van der Waals surface area contributed by atoms with Crippen molar-refractivity contribution in [1.29, 1.82) is 0 Å². The fraction of sp³-hybridized carbons (Fsp3) is 0.571. The van der Waals surface area contributed by atoms with Crippen LogP contribution in [0.3, 0.4) is 0 Å². The van der Waals surface area contributed by atoms with Crippen molar-refractivity contribution < 1.29 is 19.4 Å². The lowest BCUT2D eigenvalue weighted by Gasteiger charge is -2.28. The maximum atomic E-state index is 11.9. The Bertz CT molecular complexity index is 440. The Hall–Kier alpha value is -1.40. The van der Waals surface area contributed by atoms with Crippen LogP contribution < -0.4 is 5.32 Å². The van der Waals surface area contributed by atoms with Crippen LogP contribution in [0.4, 0.5) is 0 Å². The lowest BCUT2D eigenvalue weighted by Crippen LogP contribution is -2.48. The first kappa shape index (κ1) is 15.0. The second-order valence-corrected chi connectivity index (χ2v) is 5.97. The number of carboxylic acids is 1. The van der Waals surface area contributed by atoms with Crippen molar-refractivity contribution in [2.24, 2.45) is 5.92 Å². The fourth-order valence-electron chi connectivity index (χ4n) is 2.35. The summed E-state index contributed by atoms with van der Waals surface area (Å²) in [5.74, 6) is -1.33. The highest BCUT2D eigenvalue weighted by atomic mass is 32.1. The number of carbonyl (C=O) groups is 2. The van der Waals surface area contributed by atoms with Crippen molar-refractivity contribution in [3.05, 3.63) is 22.4 Å². The zero-order valence-corrected chi connectivity index (χ0v) is 12.0. The summed E-state index contributed by atoms with van der Waals surface area (Å²) in [6.45, 7) is 1.08. The Kier molecular flexibility index (Phi) is 5.55. The zero-order chi connectivity index (χ0) is 14.4. The van der Waals surface area contributed by atoms with Crippen LogP contribution in [0.15, 0.2) is 17.5 Å². The Morgan fingerprint density at radius 2 is 2.40 bits per heavy atom. The van der Waals surface area contributed by atoms with Crippen molar-refractivity contribution in [2.45, 2.75) is 31.7 Å². The highest BCUT2D eigenvalue weighted by Crippen LogP contribution is 2.18.